The van der Waals surface area contributed by atoms with Gasteiger partial charge in [0.1, 0.15) is 0 Å². The van der Waals surface area contributed by atoms with E-state index in [0.29, 0.717) is 5.57 Å². The molecule has 0 unspecified atom stereocenters. The van der Waals surface area contributed by atoms with E-state index in [4.69, 9.17) is 19.2 Å². The lowest BCUT2D eigenvalue weighted by molar-refractivity contribution is -0.522. The molecule has 0 saturated heterocycles. The Hall–Kier alpha value is -1.28. The van der Waals surface area contributed by atoms with Gasteiger partial charge < -0.3 is 9.47 Å². The number of methoxy groups -OCH3 is 2. The monoisotopic (exact) mass is 329 g/mol. The zero-order chi connectivity index (χ0) is 17.7. The molecule has 0 atom stereocenters. The summed E-state index contributed by atoms with van der Waals surface area (Å²) in [5, 5.41) is 0. The molecule has 0 spiro atoms. The van der Waals surface area contributed by atoms with Gasteiger partial charge in [0.05, 0.1) is 12.0 Å². The van der Waals surface area contributed by atoms with E-state index in [0.717, 1.165) is 17.7 Å². The summed E-state index contributed by atoms with van der Waals surface area (Å²) in [7, 11) is 2.83. The highest BCUT2D eigenvalue weighted by Crippen LogP contribution is 2.26. The second kappa shape index (κ2) is 8.01. The van der Waals surface area contributed by atoms with Crippen LogP contribution in [0.1, 0.15) is 47.0 Å². The van der Waals surface area contributed by atoms with Gasteiger partial charge in [-0.05, 0) is 27.2 Å². The van der Waals surface area contributed by atoms with Crippen molar-refractivity contribution in [3.63, 3.8) is 0 Å². The Balaban J connectivity index is 2.67. The van der Waals surface area contributed by atoms with Crippen molar-refractivity contribution in [1.82, 2.24) is 4.90 Å². The number of ether oxygens (including phenoxy) is 2. The van der Waals surface area contributed by atoms with Gasteiger partial charge in [-0.1, -0.05) is 13.3 Å². The van der Waals surface area contributed by atoms with E-state index < -0.39 is 11.6 Å². The molecule has 23 heavy (non-hydrogen) atoms. The molecular formula is C16H27NO6. The topological polar surface area (TPSA) is 74.3 Å². The summed E-state index contributed by atoms with van der Waals surface area (Å²) in [6.07, 6.45) is 3.17. The van der Waals surface area contributed by atoms with Crippen LogP contribution in [0.3, 0.4) is 0 Å². The number of hydrogen-bond donors (Lipinski definition) is 0. The van der Waals surface area contributed by atoms with Gasteiger partial charge in [0.15, 0.2) is 0 Å². The maximum atomic E-state index is 11.9. The summed E-state index contributed by atoms with van der Waals surface area (Å²) in [6, 6.07) is 0. The van der Waals surface area contributed by atoms with Crippen LogP contribution in [-0.4, -0.2) is 49.1 Å². The van der Waals surface area contributed by atoms with E-state index in [1.807, 2.05) is 20.8 Å². The molecule has 0 aromatic carbocycles. The van der Waals surface area contributed by atoms with Gasteiger partial charge in [0, 0.05) is 32.4 Å². The molecule has 132 valence electrons. The minimum Gasteiger partial charge on any atom is -0.329 e. The number of nitrogens with zero attached hydrogens (tertiary/aromatic N) is 1. The Morgan fingerprint density at radius 2 is 1.70 bits per heavy atom. The molecule has 7 heteroatoms. The quantitative estimate of drug-likeness (QED) is 0.265. The van der Waals surface area contributed by atoms with Gasteiger partial charge in [0.2, 0.25) is 0 Å². The Labute approximate surface area is 137 Å². The Morgan fingerprint density at radius 1 is 1.09 bits per heavy atom. The Morgan fingerprint density at radius 3 is 2.13 bits per heavy atom. The summed E-state index contributed by atoms with van der Waals surface area (Å²) < 4.78 is 10.6. The minimum atomic E-state index is -1.48. The molecule has 1 aliphatic rings. The van der Waals surface area contributed by atoms with Gasteiger partial charge >= 0.3 is 5.97 Å². The molecule has 0 N–H and O–H groups in total. The van der Waals surface area contributed by atoms with Gasteiger partial charge in [-0.3, -0.25) is 14.5 Å². The smallest absolute Gasteiger partial charge is 0.313 e. The van der Waals surface area contributed by atoms with Crippen molar-refractivity contribution in [2.75, 3.05) is 20.8 Å². The molecule has 2 amide bonds. The van der Waals surface area contributed by atoms with Crippen molar-refractivity contribution in [2.45, 2.75) is 58.5 Å². The molecule has 0 aliphatic carbocycles. The van der Waals surface area contributed by atoms with E-state index in [1.54, 1.807) is 6.92 Å². The van der Waals surface area contributed by atoms with Gasteiger partial charge in [-0.2, -0.15) is 4.89 Å². The van der Waals surface area contributed by atoms with E-state index in [-0.39, 0.29) is 24.8 Å². The van der Waals surface area contributed by atoms with Crippen molar-refractivity contribution in [2.24, 2.45) is 0 Å². The minimum absolute atomic E-state index is 0.102. The summed E-state index contributed by atoms with van der Waals surface area (Å²) in [5.74, 6) is -2.15. The van der Waals surface area contributed by atoms with Crippen LogP contribution in [0.4, 0.5) is 0 Å². The van der Waals surface area contributed by atoms with Crippen LogP contribution in [0, 0.1) is 0 Å². The first-order valence-corrected chi connectivity index (χ1v) is 7.71. The average molecular weight is 329 g/mol. The third kappa shape index (κ3) is 5.10. The highest BCUT2D eigenvalue weighted by atomic mass is 17.3. The van der Waals surface area contributed by atoms with Crippen LogP contribution in [-0.2, 0) is 28.8 Å². The van der Waals surface area contributed by atoms with Crippen molar-refractivity contribution >= 4 is 11.8 Å². The second-order valence-corrected chi connectivity index (χ2v) is 6.14. The SMILES string of the molecule is CCCC(C)(C)OOC(CCN1C(=O)C=C(C)C1=O)(OC)OC. The maximum Gasteiger partial charge on any atom is 0.313 e. The number of amides is 2. The van der Waals surface area contributed by atoms with E-state index >= 15 is 0 Å². The first kappa shape index (κ1) is 19.8. The first-order chi connectivity index (χ1) is 10.7. The van der Waals surface area contributed by atoms with E-state index in [2.05, 4.69) is 0 Å². The molecule has 7 nitrogen and oxygen atoms in total. The van der Waals surface area contributed by atoms with Crippen molar-refractivity contribution in [1.29, 1.82) is 0 Å². The molecule has 0 saturated carbocycles. The highest BCUT2D eigenvalue weighted by Gasteiger charge is 2.38. The first-order valence-electron chi connectivity index (χ1n) is 7.71. The zero-order valence-corrected chi connectivity index (χ0v) is 14.8. The number of carbonyl (C=O) groups is 2. The number of carbonyl (C=O) groups excluding carboxylic acids is 2. The normalized spacial score (nSPS) is 16.3. The number of hydrogen-bond acceptors (Lipinski definition) is 6. The molecule has 0 aromatic heterocycles. The largest absolute Gasteiger partial charge is 0.329 e. The summed E-state index contributed by atoms with van der Waals surface area (Å²) in [6.45, 7) is 7.55. The number of imide groups is 1. The summed E-state index contributed by atoms with van der Waals surface area (Å²) in [5.41, 5.74) is -0.0919. The van der Waals surface area contributed by atoms with Crippen LogP contribution in [0.5, 0.6) is 0 Å². The zero-order valence-electron chi connectivity index (χ0n) is 14.8. The molecule has 1 aliphatic heterocycles. The van der Waals surface area contributed by atoms with E-state index in [1.165, 1.54) is 20.3 Å². The lowest BCUT2D eigenvalue weighted by atomic mass is 10.0. The molecule has 0 radical (unpaired) electrons. The van der Waals surface area contributed by atoms with Crippen molar-refractivity contribution < 1.29 is 28.8 Å². The summed E-state index contributed by atoms with van der Waals surface area (Å²) >= 11 is 0. The van der Waals surface area contributed by atoms with Gasteiger partial charge in [-0.25, -0.2) is 4.89 Å². The molecule has 0 fully saturated rings. The van der Waals surface area contributed by atoms with E-state index in [9.17, 15) is 9.59 Å². The Kier molecular flexibility index (Phi) is 6.88. The molecule has 0 bridgehead atoms. The third-order valence-electron chi connectivity index (χ3n) is 3.70. The van der Waals surface area contributed by atoms with Crippen LogP contribution >= 0.6 is 0 Å². The maximum absolute atomic E-state index is 11.9. The Bertz CT molecular complexity index is 467. The van der Waals surface area contributed by atoms with Crippen molar-refractivity contribution in [3.05, 3.63) is 11.6 Å². The number of rotatable bonds is 10. The molecule has 0 aromatic rings. The van der Waals surface area contributed by atoms with Crippen LogP contribution < -0.4 is 0 Å². The van der Waals surface area contributed by atoms with Gasteiger partial charge in [-0.15, -0.1) is 0 Å². The fraction of sp³-hybridized carbons (Fsp3) is 0.750. The van der Waals surface area contributed by atoms with Gasteiger partial charge in [0.25, 0.3) is 11.8 Å². The second-order valence-electron chi connectivity index (χ2n) is 6.14. The predicted octanol–water partition coefficient (Wildman–Crippen LogP) is 2.17. The fourth-order valence-electron chi connectivity index (χ4n) is 2.32. The lowest BCUT2D eigenvalue weighted by Crippen LogP contribution is -2.44. The highest BCUT2D eigenvalue weighted by molar-refractivity contribution is 6.15. The van der Waals surface area contributed by atoms with Crippen LogP contribution in [0.2, 0.25) is 0 Å². The molecule has 1 heterocycles. The molecular weight excluding hydrogens is 302 g/mol. The third-order valence-corrected chi connectivity index (χ3v) is 3.70. The van der Waals surface area contributed by atoms with Crippen molar-refractivity contribution in [3.8, 4) is 0 Å². The standard InChI is InChI=1S/C16H27NO6/c1-7-8-15(3,4)22-23-16(20-5,21-6)9-10-17-13(18)11-12(2)14(17)19/h11H,7-10H2,1-6H3. The predicted molar refractivity (Wildman–Crippen MR) is 83.0 cm³/mol. The average Bonchev–Trinajstić information content (AvgIpc) is 2.74. The fourth-order valence-corrected chi connectivity index (χ4v) is 2.32. The lowest BCUT2D eigenvalue weighted by Gasteiger charge is -2.33. The molecule has 1 rings (SSSR count). The summed E-state index contributed by atoms with van der Waals surface area (Å²) in [4.78, 5) is 35.6. The van der Waals surface area contributed by atoms with Crippen LogP contribution in [0.15, 0.2) is 11.6 Å². The van der Waals surface area contributed by atoms with Crippen LogP contribution in [0.25, 0.3) is 0 Å².